The van der Waals surface area contributed by atoms with Crippen molar-refractivity contribution < 1.29 is 9.72 Å². The van der Waals surface area contributed by atoms with Gasteiger partial charge in [-0.25, -0.2) is 4.79 Å². The van der Waals surface area contributed by atoms with Gasteiger partial charge in [-0.3, -0.25) is 15.4 Å². The monoisotopic (exact) mass is 348 g/mol. The van der Waals surface area contributed by atoms with Crippen LogP contribution in [0.25, 0.3) is 0 Å². The first-order valence-corrected chi connectivity index (χ1v) is 8.20. The van der Waals surface area contributed by atoms with Crippen molar-refractivity contribution in [3.05, 3.63) is 39.4 Å². The lowest BCUT2D eigenvalue weighted by atomic mass is 10.2. The average Bonchev–Trinajstić information content (AvgIpc) is 3.00. The summed E-state index contributed by atoms with van der Waals surface area (Å²) in [6.07, 6.45) is 0. The summed E-state index contributed by atoms with van der Waals surface area (Å²) in [7, 11) is 0. The number of nitrogens with zero attached hydrogens (tertiary/aromatic N) is 5. The highest BCUT2D eigenvalue weighted by Crippen LogP contribution is 2.22. The highest BCUT2D eigenvalue weighted by Gasteiger charge is 2.22. The molecule has 1 aliphatic rings. The van der Waals surface area contributed by atoms with Crippen LogP contribution in [-0.4, -0.2) is 52.2 Å². The molecule has 0 unspecified atom stereocenters. The smallest absolute Gasteiger partial charge is 0.323 e. The molecule has 1 saturated heterocycles. The molecular weight excluding hydrogens is 332 g/mol. The molecule has 2 heterocycles. The molecule has 126 valence electrons. The summed E-state index contributed by atoms with van der Waals surface area (Å²) in [5, 5.41) is 22.6. The second-order valence-corrected chi connectivity index (χ2v) is 6.49. The van der Waals surface area contributed by atoms with Gasteiger partial charge in [0, 0.05) is 44.0 Å². The van der Waals surface area contributed by atoms with Crippen LogP contribution in [0.2, 0.25) is 0 Å². The maximum atomic E-state index is 12.2. The van der Waals surface area contributed by atoms with E-state index in [0.717, 1.165) is 10.7 Å². The first-order valence-electron chi connectivity index (χ1n) is 7.38. The number of piperazine rings is 1. The largest absolute Gasteiger partial charge is 0.368 e. The number of rotatable bonds is 3. The van der Waals surface area contributed by atoms with E-state index >= 15 is 0 Å². The third kappa shape index (κ3) is 3.59. The Balaban J connectivity index is 1.58. The fourth-order valence-corrected chi connectivity index (χ4v) is 3.07. The number of hydrogen-bond donors (Lipinski definition) is 1. The van der Waals surface area contributed by atoms with E-state index in [1.807, 2.05) is 17.9 Å². The SMILES string of the molecule is Cc1nnc(NC(=O)N2CCN(c3cccc([N+](=O)[O-])c3)CC2)s1. The molecule has 2 aromatic rings. The number of carbonyl (C=O) groups excluding carboxylic acids is 1. The highest BCUT2D eigenvalue weighted by molar-refractivity contribution is 7.15. The van der Waals surface area contributed by atoms with E-state index < -0.39 is 4.92 Å². The number of non-ortho nitro benzene ring substituents is 1. The number of aryl methyl sites for hydroxylation is 1. The summed E-state index contributed by atoms with van der Waals surface area (Å²) in [5.41, 5.74) is 0.864. The van der Waals surface area contributed by atoms with Crippen molar-refractivity contribution in [2.75, 3.05) is 36.4 Å². The van der Waals surface area contributed by atoms with Gasteiger partial charge in [-0.1, -0.05) is 17.4 Å². The molecule has 1 aliphatic heterocycles. The van der Waals surface area contributed by atoms with Crippen molar-refractivity contribution in [3.8, 4) is 0 Å². The number of hydrogen-bond acceptors (Lipinski definition) is 7. The summed E-state index contributed by atoms with van der Waals surface area (Å²) in [6, 6.07) is 6.33. The van der Waals surface area contributed by atoms with Crippen LogP contribution in [-0.2, 0) is 0 Å². The molecule has 3 rings (SSSR count). The van der Waals surface area contributed by atoms with Crippen molar-refractivity contribution >= 4 is 33.9 Å². The molecule has 1 aromatic carbocycles. The minimum Gasteiger partial charge on any atom is -0.368 e. The minimum absolute atomic E-state index is 0.0688. The Kier molecular flexibility index (Phi) is 4.56. The normalized spacial score (nSPS) is 14.5. The zero-order valence-electron chi connectivity index (χ0n) is 13.0. The zero-order chi connectivity index (χ0) is 17.1. The second kappa shape index (κ2) is 6.79. The Morgan fingerprint density at radius 2 is 2.04 bits per heavy atom. The number of urea groups is 1. The number of carbonyl (C=O) groups is 1. The van der Waals surface area contributed by atoms with E-state index in [9.17, 15) is 14.9 Å². The van der Waals surface area contributed by atoms with Gasteiger partial charge in [0.25, 0.3) is 5.69 Å². The Morgan fingerprint density at radius 3 is 2.67 bits per heavy atom. The van der Waals surface area contributed by atoms with Gasteiger partial charge in [0.1, 0.15) is 5.01 Å². The molecule has 0 radical (unpaired) electrons. The average molecular weight is 348 g/mol. The van der Waals surface area contributed by atoms with Crippen LogP contribution >= 0.6 is 11.3 Å². The molecule has 10 heteroatoms. The summed E-state index contributed by atoms with van der Waals surface area (Å²) in [6.45, 7) is 4.12. The molecule has 1 aromatic heterocycles. The summed E-state index contributed by atoms with van der Waals surface area (Å²) >= 11 is 1.33. The Bertz CT molecular complexity index is 756. The zero-order valence-corrected chi connectivity index (χ0v) is 13.8. The van der Waals surface area contributed by atoms with Crippen molar-refractivity contribution in [2.24, 2.45) is 0 Å². The number of nitrogens with one attached hydrogen (secondary N) is 1. The molecule has 0 saturated carbocycles. The standard InChI is InChI=1S/C14H16N6O3S/c1-10-16-17-13(24-10)15-14(21)19-7-5-18(6-8-19)11-3-2-4-12(9-11)20(22)23/h2-4,9H,5-8H2,1H3,(H,15,17,21). The molecular formula is C14H16N6O3S. The molecule has 9 nitrogen and oxygen atoms in total. The Hall–Kier alpha value is -2.75. The molecule has 0 aliphatic carbocycles. The molecule has 2 amide bonds. The van der Waals surface area contributed by atoms with E-state index in [1.54, 1.807) is 17.0 Å². The van der Waals surface area contributed by atoms with Gasteiger partial charge in [-0.2, -0.15) is 0 Å². The maximum Gasteiger partial charge on any atom is 0.323 e. The van der Waals surface area contributed by atoms with Gasteiger partial charge in [0.05, 0.1) is 4.92 Å². The van der Waals surface area contributed by atoms with E-state index in [4.69, 9.17) is 0 Å². The van der Waals surface area contributed by atoms with Crippen LogP contribution in [0.1, 0.15) is 5.01 Å². The Labute approximate surface area is 142 Å². The van der Waals surface area contributed by atoms with E-state index in [1.165, 1.54) is 17.4 Å². The Morgan fingerprint density at radius 1 is 1.29 bits per heavy atom. The molecule has 0 atom stereocenters. The third-order valence-corrected chi connectivity index (χ3v) is 4.47. The molecule has 24 heavy (non-hydrogen) atoms. The van der Waals surface area contributed by atoms with Gasteiger partial charge in [-0.05, 0) is 13.0 Å². The van der Waals surface area contributed by atoms with Crippen LogP contribution in [0.15, 0.2) is 24.3 Å². The van der Waals surface area contributed by atoms with Crippen LogP contribution in [0.3, 0.4) is 0 Å². The predicted octanol–water partition coefficient (Wildman–Crippen LogP) is 2.11. The lowest BCUT2D eigenvalue weighted by Gasteiger charge is -2.35. The lowest BCUT2D eigenvalue weighted by molar-refractivity contribution is -0.384. The van der Waals surface area contributed by atoms with Crippen LogP contribution < -0.4 is 10.2 Å². The fourth-order valence-electron chi connectivity index (χ4n) is 2.49. The summed E-state index contributed by atoms with van der Waals surface area (Å²) < 4.78 is 0. The van der Waals surface area contributed by atoms with Crippen molar-refractivity contribution in [1.29, 1.82) is 0 Å². The van der Waals surface area contributed by atoms with Crippen LogP contribution in [0.4, 0.5) is 21.3 Å². The van der Waals surface area contributed by atoms with Gasteiger partial charge in [-0.15, -0.1) is 10.2 Å². The number of nitro groups is 1. The first kappa shape index (κ1) is 16.1. The third-order valence-electron chi connectivity index (χ3n) is 3.71. The predicted molar refractivity (Wildman–Crippen MR) is 90.5 cm³/mol. The fraction of sp³-hybridized carbons (Fsp3) is 0.357. The van der Waals surface area contributed by atoms with Crippen molar-refractivity contribution in [1.82, 2.24) is 15.1 Å². The first-order chi connectivity index (χ1) is 11.5. The molecule has 1 fully saturated rings. The second-order valence-electron chi connectivity index (χ2n) is 5.31. The quantitative estimate of drug-likeness (QED) is 0.673. The number of aromatic nitrogens is 2. The maximum absolute atomic E-state index is 12.2. The molecule has 0 bridgehead atoms. The number of anilines is 2. The van der Waals surface area contributed by atoms with E-state index in [0.29, 0.717) is 31.3 Å². The van der Waals surface area contributed by atoms with Gasteiger partial charge >= 0.3 is 6.03 Å². The van der Waals surface area contributed by atoms with Gasteiger partial charge < -0.3 is 9.80 Å². The van der Waals surface area contributed by atoms with Crippen LogP contribution in [0, 0.1) is 17.0 Å². The lowest BCUT2D eigenvalue weighted by Crippen LogP contribution is -2.50. The summed E-state index contributed by atoms with van der Waals surface area (Å²) in [4.78, 5) is 26.4. The summed E-state index contributed by atoms with van der Waals surface area (Å²) in [5.74, 6) is 0. The number of amides is 2. The van der Waals surface area contributed by atoms with Crippen molar-refractivity contribution in [2.45, 2.75) is 6.92 Å². The van der Waals surface area contributed by atoms with Gasteiger partial charge in [0.2, 0.25) is 5.13 Å². The van der Waals surface area contributed by atoms with Crippen LogP contribution in [0.5, 0.6) is 0 Å². The molecule has 1 N–H and O–H groups in total. The number of benzene rings is 1. The van der Waals surface area contributed by atoms with E-state index in [2.05, 4.69) is 15.5 Å². The molecule has 0 spiro atoms. The van der Waals surface area contributed by atoms with Crippen molar-refractivity contribution in [3.63, 3.8) is 0 Å². The highest BCUT2D eigenvalue weighted by atomic mass is 32.1. The van der Waals surface area contributed by atoms with Gasteiger partial charge in [0.15, 0.2) is 0 Å². The minimum atomic E-state index is -0.406. The number of nitro benzene ring substituents is 1. The topological polar surface area (TPSA) is 104 Å². The van der Waals surface area contributed by atoms with E-state index in [-0.39, 0.29) is 11.7 Å².